The van der Waals surface area contributed by atoms with E-state index in [-0.39, 0.29) is 5.75 Å². The van der Waals surface area contributed by atoms with Gasteiger partial charge in [0, 0.05) is 11.8 Å². The predicted molar refractivity (Wildman–Crippen MR) is 87.3 cm³/mol. The SMILES string of the molecule is COc1cc[n+]([O-])c(CS(=O)c2nc3ccc(N)cc3[nH]2)c1C. The number of anilines is 1. The Balaban J connectivity index is 1.94. The lowest BCUT2D eigenvalue weighted by Crippen LogP contribution is -2.33. The second-order valence-corrected chi connectivity index (χ2v) is 6.46. The molecular formula is C15H16N4O3S. The van der Waals surface area contributed by atoms with Gasteiger partial charge in [0.1, 0.15) is 11.5 Å². The number of hydrogen-bond acceptors (Lipinski definition) is 5. The molecule has 1 atom stereocenters. The zero-order chi connectivity index (χ0) is 16.6. The summed E-state index contributed by atoms with van der Waals surface area (Å²) in [6.45, 7) is 1.76. The molecule has 0 aliphatic rings. The fraction of sp³-hybridized carbons (Fsp3) is 0.200. The van der Waals surface area contributed by atoms with Gasteiger partial charge in [-0.05, 0) is 25.1 Å². The van der Waals surface area contributed by atoms with Crippen LogP contribution in [0.2, 0.25) is 0 Å². The third-order valence-corrected chi connectivity index (χ3v) is 4.78. The first-order valence-corrected chi connectivity index (χ1v) is 8.20. The number of fused-ring (bicyclic) bond motifs is 1. The summed E-state index contributed by atoms with van der Waals surface area (Å²) in [7, 11) is 0.0413. The summed E-state index contributed by atoms with van der Waals surface area (Å²) in [4.78, 5) is 7.29. The van der Waals surface area contributed by atoms with Crippen LogP contribution in [0.15, 0.2) is 35.6 Å². The number of aromatic amines is 1. The predicted octanol–water partition coefficient (Wildman–Crippen LogP) is 1.40. The van der Waals surface area contributed by atoms with Gasteiger partial charge in [0.15, 0.2) is 11.4 Å². The minimum atomic E-state index is -1.49. The van der Waals surface area contributed by atoms with Crippen molar-refractivity contribution in [1.29, 1.82) is 0 Å². The van der Waals surface area contributed by atoms with Crippen LogP contribution in [0.1, 0.15) is 11.3 Å². The van der Waals surface area contributed by atoms with Crippen LogP contribution < -0.4 is 15.2 Å². The van der Waals surface area contributed by atoms with Crippen LogP contribution in [0.4, 0.5) is 5.69 Å². The molecule has 0 saturated carbocycles. The highest BCUT2D eigenvalue weighted by atomic mass is 32.2. The molecule has 3 N–H and O–H groups in total. The average Bonchev–Trinajstić information content (AvgIpc) is 2.94. The van der Waals surface area contributed by atoms with Gasteiger partial charge in [0.25, 0.3) is 0 Å². The Bertz CT molecular complexity index is 907. The van der Waals surface area contributed by atoms with Crippen LogP contribution >= 0.6 is 0 Å². The molecule has 1 unspecified atom stereocenters. The van der Waals surface area contributed by atoms with Crippen molar-refractivity contribution in [2.45, 2.75) is 17.8 Å². The van der Waals surface area contributed by atoms with Crippen molar-refractivity contribution >= 4 is 27.5 Å². The Morgan fingerprint density at radius 1 is 1.43 bits per heavy atom. The average molecular weight is 332 g/mol. The third-order valence-electron chi connectivity index (χ3n) is 3.62. The molecule has 0 fully saturated rings. The molecule has 3 aromatic rings. The fourth-order valence-electron chi connectivity index (χ4n) is 2.36. The molecule has 0 amide bonds. The standard InChI is InChI=1S/C15H16N4O3S/c1-9-13(19(20)6-5-14(9)22-2)8-23(21)15-17-11-4-3-10(16)7-12(11)18-15/h3-7H,8,16H2,1-2H3,(H,17,18). The Labute approximate surface area is 135 Å². The maximum Gasteiger partial charge on any atom is 0.212 e. The first-order valence-electron chi connectivity index (χ1n) is 6.89. The quantitative estimate of drug-likeness (QED) is 0.426. The molecule has 120 valence electrons. The van der Waals surface area contributed by atoms with Crippen molar-refractivity contribution in [1.82, 2.24) is 9.97 Å². The Morgan fingerprint density at radius 2 is 2.22 bits per heavy atom. The largest absolute Gasteiger partial charge is 0.618 e. The summed E-state index contributed by atoms with van der Waals surface area (Å²) in [6.07, 6.45) is 1.34. The van der Waals surface area contributed by atoms with Crippen molar-refractivity contribution in [3.8, 4) is 5.75 Å². The molecule has 0 aliphatic heterocycles. The van der Waals surface area contributed by atoms with Crippen LogP contribution in [0.3, 0.4) is 0 Å². The van der Waals surface area contributed by atoms with Crippen molar-refractivity contribution < 1.29 is 13.7 Å². The summed E-state index contributed by atoms with van der Waals surface area (Å²) in [6, 6.07) is 6.80. The van der Waals surface area contributed by atoms with Crippen molar-refractivity contribution in [3.05, 3.63) is 46.9 Å². The van der Waals surface area contributed by atoms with Crippen LogP contribution in [0, 0.1) is 12.1 Å². The summed E-state index contributed by atoms with van der Waals surface area (Å²) >= 11 is 0. The number of nitrogens with zero attached hydrogens (tertiary/aromatic N) is 2. The smallest absolute Gasteiger partial charge is 0.212 e. The summed E-state index contributed by atoms with van der Waals surface area (Å²) in [5.74, 6) is 0.628. The minimum absolute atomic E-state index is 0.0435. The second-order valence-electron chi connectivity index (χ2n) is 5.09. The fourth-order valence-corrected chi connectivity index (χ4v) is 3.51. The van der Waals surface area contributed by atoms with E-state index in [1.54, 1.807) is 31.2 Å². The lowest BCUT2D eigenvalue weighted by molar-refractivity contribution is -0.613. The molecule has 2 heterocycles. The summed E-state index contributed by atoms with van der Waals surface area (Å²) in [5, 5.41) is 12.3. The third kappa shape index (κ3) is 2.85. The van der Waals surface area contributed by atoms with E-state index in [1.165, 1.54) is 13.3 Å². The highest BCUT2D eigenvalue weighted by Crippen LogP contribution is 2.21. The van der Waals surface area contributed by atoms with Crippen molar-refractivity contribution in [2.24, 2.45) is 0 Å². The van der Waals surface area contributed by atoms with E-state index in [1.807, 2.05) is 0 Å². The van der Waals surface area contributed by atoms with E-state index in [2.05, 4.69) is 9.97 Å². The van der Waals surface area contributed by atoms with Gasteiger partial charge in [-0.3, -0.25) is 4.21 Å². The van der Waals surface area contributed by atoms with E-state index in [9.17, 15) is 9.42 Å². The number of nitrogens with two attached hydrogens (primary N) is 1. The minimum Gasteiger partial charge on any atom is -0.618 e. The number of H-pyrrole nitrogens is 1. The lowest BCUT2D eigenvalue weighted by atomic mass is 10.2. The number of hydrogen-bond donors (Lipinski definition) is 2. The molecule has 0 radical (unpaired) electrons. The number of aromatic nitrogens is 3. The molecular weight excluding hydrogens is 316 g/mol. The van der Waals surface area contributed by atoms with Gasteiger partial charge < -0.3 is 20.7 Å². The molecule has 0 aliphatic carbocycles. The number of nitrogen functional groups attached to an aromatic ring is 1. The topological polar surface area (TPSA) is 108 Å². The highest BCUT2D eigenvalue weighted by molar-refractivity contribution is 7.84. The number of rotatable bonds is 4. The molecule has 0 spiro atoms. The molecule has 8 heteroatoms. The van der Waals surface area contributed by atoms with Crippen molar-refractivity contribution in [3.63, 3.8) is 0 Å². The first kappa shape index (κ1) is 15.3. The van der Waals surface area contributed by atoms with Gasteiger partial charge in [0.2, 0.25) is 5.69 Å². The maximum absolute atomic E-state index is 12.6. The second kappa shape index (κ2) is 5.88. The molecule has 0 saturated heterocycles. The molecule has 7 nitrogen and oxygen atoms in total. The van der Waals surface area contributed by atoms with E-state index in [0.29, 0.717) is 43.6 Å². The first-order chi connectivity index (χ1) is 11.0. The molecule has 2 aromatic heterocycles. The molecule has 23 heavy (non-hydrogen) atoms. The zero-order valence-corrected chi connectivity index (χ0v) is 13.5. The monoisotopic (exact) mass is 332 g/mol. The number of pyridine rings is 1. The van der Waals surface area contributed by atoms with Gasteiger partial charge in [-0.25, -0.2) is 4.98 Å². The van der Waals surface area contributed by atoms with Crippen LogP contribution in [0.5, 0.6) is 5.75 Å². The van der Waals surface area contributed by atoms with E-state index in [4.69, 9.17) is 10.5 Å². The number of benzene rings is 1. The number of ether oxygens (including phenoxy) is 1. The van der Waals surface area contributed by atoms with E-state index >= 15 is 0 Å². The Morgan fingerprint density at radius 3 is 2.96 bits per heavy atom. The van der Waals surface area contributed by atoms with Crippen molar-refractivity contribution in [2.75, 3.05) is 12.8 Å². The number of nitrogens with one attached hydrogen (secondary N) is 1. The lowest BCUT2D eigenvalue weighted by Gasteiger charge is -2.09. The molecule has 0 bridgehead atoms. The van der Waals surface area contributed by atoms with Gasteiger partial charge in [-0.1, -0.05) is 0 Å². The van der Waals surface area contributed by atoms with Gasteiger partial charge in [0.05, 0.1) is 34.5 Å². The van der Waals surface area contributed by atoms with Crippen LogP contribution in [0.25, 0.3) is 11.0 Å². The van der Waals surface area contributed by atoms with Gasteiger partial charge in [-0.2, -0.15) is 4.73 Å². The summed E-state index contributed by atoms with van der Waals surface area (Å²) in [5.41, 5.74) is 8.77. The van der Waals surface area contributed by atoms with Crippen LogP contribution in [-0.4, -0.2) is 21.3 Å². The Hall–Kier alpha value is -2.61. The highest BCUT2D eigenvalue weighted by Gasteiger charge is 2.20. The molecule has 3 rings (SSSR count). The van der Waals surface area contributed by atoms with E-state index < -0.39 is 10.8 Å². The van der Waals surface area contributed by atoms with E-state index in [0.717, 1.165) is 0 Å². The number of imidazole rings is 1. The number of methoxy groups -OCH3 is 1. The Kier molecular flexibility index (Phi) is 3.91. The molecule has 1 aromatic carbocycles. The van der Waals surface area contributed by atoms with Gasteiger partial charge in [-0.15, -0.1) is 0 Å². The summed E-state index contributed by atoms with van der Waals surface area (Å²) < 4.78 is 18.5. The van der Waals surface area contributed by atoms with Crippen LogP contribution in [-0.2, 0) is 16.6 Å². The normalized spacial score (nSPS) is 12.4. The zero-order valence-electron chi connectivity index (χ0n) is 12.7. The van der Waals surface area contributed by atoms with Gasteiger partial charge >= 0.3 is 0 Å². The maximum atomic E-state index is 12.6.